The quantitative estimate of drug-likeness (QED) is 0.130. The molecule has 0 radical (unpaired) electrons. The first-order valence-corrected chi connectivity index (χ1v) is 25.2. The van der Waals surface area contributed by atoms with Crippen molar-refractivity contribution in [3.05, 3.63) is 208 Å². The van der Waals surface area contributed by atoms with Crippen molar-refractivity contribution in [1.29, 1.82) is 5.26 Å². The van der Waals surface area contributed by atoms with Gasteiger partial charge in [-0.15, -0.1) is 35.2 Å². The van der Waals surface area contributed by atoms with E-state index in [0.717, 1.165) is 55.6 Å². The molecule has 7 heteroatoms. The molecule has 6 nitrogen and oxygen atoms in total. The molecule has 2 aliphatic rings. The van der Waals surface area contributed by atoms with Gasteiger partial charge < -0.3 is 13.9 Å². The molecule has 0 saturated carbocycles. The molecule has 3 aromatic heterocycles. The van der Waals surface area contributed by atoms with Crippen LogP contribution in [0.5, 0.6) is 11.5 Å². The standard InChI is InChI=1S/C66H59N5O.Pt/c1-62(2,3)41-32-48-49-33-42(63(4,5)6)35-53(65(10,11)12)60(49)66(59(48)52(34-41)64(7,8)9)50-30-28-45(37-57(50)70-39-69(43-25-23-40(38-67)24-26-43)55-21-17-19-51(66)61(55)70)72-44-27-29-47-46-18-13-14-20-54(46)71(56(47)36-44)58-22-15-16-31-68-58;/h13-35H,1-12H3;/q-2;. The van der Waals surface area contributed by atoms with Crippen LogP contribution < -0.4 is 9.30 Å². The topological polar surface area (TPSA) is 59.6 Å². The van der Waals surface area contributed by atoms with Crippen molar-refractivity contribution in [3.8, 4) is 45.9 Å². The van der Waals surface area contributed by atoms with Crippen LogP contribution in [-0.4, -0.2) is 14.1 Å². The van der Waals surface area contributed by atoms with Crippen LogP contribution >= 0.6 is 0 Å². The Bertz CT molecular complexity index is 3850. The average Bonchev–Trinajstić information content (AvgIpc) is 3.99. The molecule has 0 fully saturated rings. The summed E-state index contributed by atoms with van der Waals surface area (Å²) in [5, 5.41) is 12.0. The molecule has 0 atom stereocenters. The fraction of sp³-hybridized carbons (Fsp3) is 0.258. The van der Waals surface area contributed by atoms with Crippen molar-refractivity contribution < 1.29 is 30.4 Å². The fourth-order valence-corrected chi connectivity index (χ4v) is 11.7. The van der Waals surface area contributed by atoms with Crippen LogP contribution in [-0.2, 0) is 48.1 Å². The van der Waals surface area contributed by atoms with E-state index >= 15 is 0 Å². The number of rotatable bonds is 4. The number of ether oxygens (including phenoxy) is 1. The number of imidazole rings is 1. The van der Waals surface area contributed by atoms with Crippen LogP contribution in [0, 0.1) is 29.8 Å². The Hall–Kier alpha value is -7.06. The SMILES string of the molecule is CC(C)(C)c1cc2c(c(C(C)(C)C)c1)C1(c3ccc(Oc4[c-]c5c(cc4)c4ccccc4n5-c4ccccn4)[c-]c3-n3[c-][n+](-c4ccc(C#N)cc4)c4cccc1c43)c1c-2cc(C(C)(C)C)cc1C(C)(C)C.[Pt]. The van der Waals surface area contributed by atoms with Crippen LogP contribution in [0.4, 0.5) is 0 Å². The second-order valence-electron chi connectivity index (χ2n) is 24.1. The first kappa shape index (κ1) is 48.2. The van der Waals surface area contributed by atoms with Crippen LogP contribution in [0.2, 0.25) is 0 Å². The molecule has 4 heterocycles. The maximum absolute atomic E-state index is 9.82. The molecule has 0 saturated heterocycles. The summed E-state index contributed by atoms with van der Waals surface area (Å²) in [5.41, 5.74) is 17.7. The summed E-state index contributed by atoms with van der Waals surface area (Å²) in [6.45, 7) is 28.3. The number of nitriles is 1. The van der Waals surface area contributed by atoms with Crippen molar-refractivity contribution >= 4 is 32.8 Å². The van der Waals surface area contributed by atoms with E-state index in [9.17, 15) is 5.26 Å². The van der Waals surface area contributed by atoms with Crippen LogP contribution in [0.15, 0.2) is 140 Å². The van der Waals surface area contributed by atoms with Crippen molar-refractivity contribution in [1.82, 2.24) is 14.1 Å². The smallest absolute Gasteiger partial charge is 0.268 e. The van der Waals surface area contributed by atoms with Crippen molar-refractivity contribution in [2.24, 2.45) is 0 Å². The van der Waals surface area contributed by atoms with Gasteiger partial charge in [0.2, 0.25) is 0 Å². The zero-order valence-electron chi connectivity index (χ0n) is 43.7. The van der Waals surface area contributed by atoms with Crippen LogP contribution in [0.25, 0.3) is 61.2 Å². The Morgan fingerprint density at radius 1 is 0.603 bits per heavy atom. The van der Waals surface area contributed by atoms with E-state index in [1.165, 1.54) is 50.1 Å². The van der Waals surface area contributed by atoms with Crippen molar-refractivity contribution in [3.63, 3.8) is 0 Å². The second kappa shape index (κ2) is 16.5. The van der Waals surface area contributed by atoms with Crippen LogP contribution in [0.3, 0.4) is 0 Å². The van der Waals surface area contributed by atoms with E-state index in [-0.39, 0.29) is 42.7 Å². The van der Waals surface area contributed by atoms with Crippen LogP contribution in [0.1, 0.15) is 133 Å². The van der Waals surface area contributed by atoms with Gasteiger partial charge in [0.25, 0.3) is 6.33 Å². The summed E-state index contributed by atoms with van der Waals surface area (Å²) < 4.78 is 13.5. The minimum atomic E-state index is -0.786. The van der Waals surface area contributed by atoms with Gasteiger partial charge in [-0.05, 0) is 125 Å². The third-order valence-corrected chi connectivity index (χ3v) is 15.2. The molecule has 1 aliphatic heterocycles. The molecular formula is C66H59N5OPt-2. The van der Waals surface area contributed by atoms with Crippen molar-refractivity contribution in [2.75, 3.05) is 0 Å². The van der Waals surface area contributed by atoms with Gasteiger partial charge >= 0.3 is 0 Å². The van der Waals surface area contributed by atoms with Gasteiger partial charge in [-0.25, -0.2) is 4.98 Å². The number of aromatic nitrogens is 4. The normalized spacial score (nSPS) is 13.7. The molecular weight excluding hydrogens is 1070 g/mol. The van der Waals surface area contributed by atoms with Gasteiger partial charge in [-0.1, -0.05) is 155 Å². The van der Waals surface area contributed by atoms with Crippen molar-refractivity contribution in [2.45, 2.75) is 110 Å². The predicted molar refractivity (Wildman–Crippen MR) is 290 cm³/mol. The first-order chi connectivity index (χ1) is 34.2. The molecule has 0 bridgehead atoms. The summed E-state index contributed by atoms with van der Waals surface area (Å²) in [5.74, 6) is 1.95. The number of pyridine rings is 1. The molecule has 0 amide bonds. The minimum absolute atomic E-state index is 0. The number of hydrogen-bond acceptors (Lipinski definition) is 3. The summed E-state index contributed by atoms with van der Waals surface area (Å²) in [6, 6.07) is 57.5. The Kier molecular flexibility index (Phi) is 10.9. The van der Waals surface area contributed by atoms with Gasteiger partial charge in [0, 0.05) is 49.7 Å². The van der Waals surface area contributed by atoms with Gasteiger partial charge in [-0.2, -0.15) is 17.4 Å². The molecule has 73 heavy (non-hydrogen) atoms. The second-order valence-corrected chi connectivity index (χ2v) is 24.1. The number of fused-ring (bicyclic) bond motifs is 12. The zero-order valence-corrected chi connectivity index (χ0v) is 46.0. The average molecular weight is 1130 g/mol. The fourth-order valence-electron chi connectivity index (χ4n) is 11.7. The number of nitrogens with zero attached hydrogens (tertiary/aromatic N) is 5. The van der Waals surface area contributed by atoms with E-state index in [0.29, 0.717) is 17.1 Å². The zero-order chi connectivity index (χ0) is 50.4. The van der Waals surface area contributed by atoms with E-state index in [1.54, 1.807) is 0 Å². The van der Waals surface area contributed by atoms with E-state index in [4.69, 9.17) is 9.72 Å². The van der Waals surface area contributed by atoms with E-state index < -0.39 is 5.41 Å². The van der Waals surface area contributed by atoms with Gasteiger partial charge in [-0.3, -0.25) is 4.57 Å². The van der Waals surface area contributed by atoms with E-state index in [2.05, 4.69) is 206 Å². The number of para-hydroxylation sites is 2. The monoisotopic (exact) mass is 1130 g/mol. The molecule has 7 aromatic carbocycles. The molecule has 1 aliphatic carbocycles. The maximum Gasteiger partial charge on any atom is 0.268 e. The summed E-state index contributed by atoms with van der Waals surface area (Å²) >= 11 is 0. The summed E-state index contributed by atoms with van der Waals surface area (Å²) in [4.78, 5) is 4.77. The summed E-state index contributed by atoms with van der Waals surface area (Å²) in [6.07, 6.45) is 5.67. The predicted octanol–water partition coefficient (Wildman–Crippen LogP) is 15.3. The Balaban J connectivity index is 0.00000574. The van der Waals surface area contributed by atoms with E-state index in [1.807, 2.05) is 54.7 Å². The molecule has 1 spiro atoms. The Labute approximate surface area is 444 Å². The molecule has 366 valence electrons. The molecule has 12 rings (SSSR count). The molecule has 10 aromatic rings. The first-order valence-electron chi connectivity index (χ1n) is 25.2. The Morgan fingerprint density at radius 3 is 1.82 bits per heavy atom. The molecule has 0 unspecified atom stereocenters. The van der Waals surface area contributed by atoms with Gasteiger partial charge in [0.15, 0.2) is 0 Å². The van der Waals surface area contributed by atoms with Gasteiger partial charge in [0.1, 0.15) is 5.82 Å². The number of benzene rings is 7. The van der Waals surface area contributed by atoms with Gasteiger partial charge in [0.05, 0.1) is 28.4 Å². The minimum Gasteiger partial charge on any atom is -0.510 e. The maximum atomic E-state index is 9.82. The molecule has 0 N–H and O–H groups in total. The third kappa shape index (κ3) is 7.28. The number of hydrogen-bond donors (Lipinski definition) is 0. The summed E-state index contributed by atoms with van der Waals surface area (Å²) in [7, 11) is 0. The Morgan fingerprint density at radius 2 is 1.22 bits per heavy atom. The largest absolute Gasteiger partial charge is 0.510 e. The third-order valence-electron chi connectivity index (χ3n) is 15.2.